The number of anilines is 2. The molecule has 1 atom stereocenters. The first-order valence-corrected chi connectivity index (χ1v) is 12.2. The van der Waals surface area contributed by atoms with Gasteiger partial charge in [0.2, 0.25) is 15.9 Å². The summed E-state index contributed by atoms with van der Waals surface area (Å²) in [5.41, 5.74) is 3.28. The monoisotopic (exact) mass is 442 g/mol. The van der Waals surface area contributed by atoms with E-state index >= 15 is 0 Å². The summed E-state index contributed by atoms with van der Waals surface area (Å²) < 4.78 is 26.7. The molecule has 30 heavy (non-hydrogen) atoms. The molecule has 1 fully saturated rings. The molecule has 156 valence electrons. The van der Waals surface area contributed by atoms with Crippen LogP contribution in [0.5, 0.6) is 0 Å². The highest BCUT2D eigenvalue weighted by atomic mass is 32.2. The Morgan fingerprint density at radius 1 is 1.20 bits per heavy atom. The molecule has 0 saturated heterocycles. The summed E-state index contributed by atoms with van der Waals surface area (Å²) in [6.07, 6.45) is 5.44. The highest BCUT2D eigenvalue weighted by Crippen LogP contribution is 2.32. The van der Waals surface area contributed by atoms with Gasteiger partial charge >= 0.3 is 0 Å². The van der Waals surface area contributed by atoms with Crippen LogP contribution in [0.25, 0.3) is 11.1 Å². The van der Waals surface area contributed by atoms with E-state index in [4.69, 9.17) is 0 Å². The molecule has 0 spiro atoms. The van der Waals surface area contributed by atoms with Gasteiger partial charge in [-0.2, -0.15) is 0 Å². The van der Waals surface area contributed by atoms with Gasteiger partial charge in [-0.05, 0) is 48.6 Å². The number of carbonyl (C=O) groups is 1. The highest BCUT2D eigenvalue weighted by Gasteiger charge is 2.36. The summed E-state index contributed by atoms with van der Waals surface area (Å²) in [6.45, 7) is 1.91. The van der Waals surface area contributed by atoms with Gasteiger partial charge in [-0.1, -0.05) is 25.1 Å². The fourth-order valence-electron chi connectivity index (χ4n) is 3.11. The normalized spacial score (nSPS) is 14.8. The first kappa shape index (κ1) is 20.5. The lowest BCUT2D eigenvalue weighted by Crippen LogP contribution is -2.21. The van der Waals surface area contributed by atoms with Crippen molar-refractivity contribution in [3.63, 3.8) is 0 Å². The van der Waals surface area contributed by atoms with Gasteiger partial charge < -0.3 is 5.32 Å². The summed E-state index contributed by atoms with van der Waals surface area (Å²) in [6, 6.07) is 11.4. The molecule has 1 aromatic carbocycles. The van der Waals surface area contributed by atoms with Gasteiger partial charge in [0.25, 0.3) is 0 Å². The molecule has 9 heteroatoms. The van der Waals surface area contributed by atoms with E-state index in [-0.39, 0.29) is 11.2 Å². The molecule has 0 bridgehead atoms. The molecule has 0 radical (unpaired) electrons. The summed E-state index contributed by atoms with van der Waals surface area (Å²) in [5.74, 6) is -0.632. The number of carbonyl (C=O) groups excluding carboxylic acids is 1. The summed E-state index contributed by atoms with van der Waals surface area (Å²) in [7, 11) is -3.36. The number of amides is 1. The molecular formula is C21H22N4O3S2. The van der Waals surface area contributed by atoms with Gasteiger partial charge in [0.05, 0.1) is 16.9 Å². The average Bonchev–Trinajstić information content (AvgIpc) is 3.52. The lowest BCUT2D eigenvalue weighted by Gasteiger charge is -2.13. The van der Waals surface area contributed by atoms with Crippen molar-refractivity contribution in [2.45, 2.75) is 37.4 Å². The largest absolute Gasteiger partial charge is 0.326 e. The van der Waals surface area contributed by atoms with Crippen LogP contribution in [0.4, 0.5) is 10.8 Å². The maximum atomic E-state index is 12.8. The Balaban J connectivity index is 1.43. The summed E-state index contributed by atoms with van der Waals surface area (Å²) in [5, 5.41) is 4.66. The van der Waals surface area contributed by atoms with E-state index in [0.29, 0.717) is 35.8 Å². The number of nitrogens with one attached hydrogen (secondary N) is 2. The number of sulfonamides is 1. The van der Waals surface area contributed by atoms with E-state index in [1.54, 1.807) is 17.8 Å². The van der Waals surface area contributed by atoms with Crippen LogP contribution in [-0.2, 0) is 14.8 Å². The second-order valence-electron chi connectivity index (χ2n) is 7.19. The molecular weight excluding hydrogens is 420 g/mol. The maximum Gasteiger partial charge on any atom is 0.237 e. The number of thiazole rings is 1. The quantitative estimate of drug-likeness (QED) is 0.543. The van der Waals surface area contributed by atoms with Gasteiger partial charge in [0.15, 0.2) is 5.13 Å². The van der Waals surface area contributed by atoms with E-state index < -0.39 is 15.9 Å². The second-order valence-corrected chi connectivity index (χ2v) is 10.0. The van der Waals surface area contributed by atoms with Crippen LogP contribution in [0.2, 0.25) is 0 Å². The molecule has 3 aromatic rings. The third kappa shape index (κ3) is 4.68. The molecule has 2 aromatic heterocycles. The SMILES string of the molecule is CCC(C(=O)Nc1ccc(-c2cccnc2)cc1)c1csc(NS(=O)(=O)C2CC2)n1. The van der Waals surface area contributed by atoms with Crippen molar-refractivity contribution in [3.05, 3.63) is 59.9 Å². The van der Waals surface area contributed by atoms with Crippen molar-refractivity contribution in [2.24, 2.45) is 0 Å². The van der Waals surface area contributed by atoms with Crippen molar-refractivity contribution in [2.75, 3.05) is 10.0 Å². The van der Waals surface area contributed by atoms with Gasteiger partial charge in [-0.15, -0.1) is 11.3 Å². The van der Waals surface area contributed by atoms with Crippen molar-refractivity contribution < 1.29 is 13.2 Å². The fraction of sp³-hybridized carbons (Fsp3) is 0.286. The minimum atomic E-state index is -3.36. The van der Waals surface area contributed by atoms with Crippen molar-refractivity contribution in [3.8, 4) is 11.1 Å². The minimum absolute atomic E-state index is 0.173. The number of aromatic nitrogens is 2. The topological polar surface area (TPSA) is 101 Å². The van der Waals surface area contributed by atoms with E-state index in [0.717, 1.165) is 11.1 Å². The minimum Gasteiger partial charge on any atom is -0.326 e. The van der Waals surface area contributed by atoms with Gasteiger partial charge in [0, 0.05) is 23.5 Å². The Kier molecular flexibility index (Phi) is 5.83. The molecule has 2 N–H and O–H groups in total. The zero-order valence-electron chi connectivity index (χ0n) is 16.4. The van der Waals surface area contributed by atoms with E-state index in [2.05, 4.69) is 20.0 Å². The first-order chi connectivity index (χ1) is 14.5. The van der Waals surface area contributed by atoms with Gasteiger partial charge in [-0.3, -0.25) is 14.5 Å². The summed E-state index contributed by atoms with van der Waals surface area (Å²) >= 11 is 1.20. The number of benzene rings is 1. The van der Waals surface area contributed by atoms with E-state index in [1.165, 1.54) is 11.3 Å². The Labute approximate surface area is 179 Å². The highest BCUT2D eigenvalue weighted by molar-refractivity contribution is 7.93. The Bertz CT molecular complexity index is 1120. The molecule has 1 amide bonds. The lowest BCUT2D eigenvalue weighted by atomic mass is 10.0. The molecule has 1 saturated carbocycles. The van der Waals surface area contributed by atoms with Crippen LogP contribution in [0.1, 0.15) is 37.8 Å². The number of hydrogen-bond donors (Lipinski definition) is 2. The zero-order valence-corrected chi connectivity index (χ0v) is 18.0. The second kappa shape index (κ2) is 8.53. The van der Waals surface area contributed by atoms with Crippen LogP contribution < -0.4 is 10.0 Å². The Morgan fingerprint density at radius 2 is 1.97 bits per heavy atom. The predicted molar refractivity (Wildman–Crippen MR) is 119 cm³/mol. The smallest absolute Gasteiger partial charge is 0.237 e. The number of nitrogens with zero attached hydrogens (tertiary/aromatic N) is 2. The van der Waals surface area contributed by atoms with Crippen LogP contribution >= 0.6 is 11.3 Å². The van der Waals surface area contributed by atoms with Crippen molar-refractivity contribution in [1.29, 1.82) is 0 Å². The third-order valence-electron chi connectivity index (χ3n) is 4.94. The number of rotatable bonds is 8. The molecule has 1 aliphatic rings. The van der Waals surface area contributed by atoms with Crippen LogP contribution in [0.3, 0.4) is 0 Å². The van der Waals surface area contributed by atoms with E-state index in [9.17, 15) is 13.2 Å². The van der Waals surface area contributed by atoms with Gasteiger partial charge in [-0.25, -0.2) is 13.4 Å². The fourth-order valence-corrected chi connectivity index (χ4v) is 5.47. The standard InChI is InChI=1S/C21H22N4O3S2/c1-2-18(19-13-29-21(24-19)25-30(27,28)17-9-10-17)20(26)23-16-7-5-14(6-8-16)15-4-3-11-22-12-15/h3-8,11-13,17-18H,2,9-10H2,1H3,(H,23,26)(H,24,25). The predicted octanol–water partition coefficient (Wildman–Crippen LogP) is 4.24. The third-order valence-corrected chi connectivity index (χ3v) is 7.68. The Hall–Kier alpha value is -2.78. The molecule has 7 nitrogen and oxygen atoms in total. The average molecular weight is 443 g/mol. The molecule has 4 rings (SSSR count). The molecule has 1 aliphatic carbocycles. The zero-order chi connectivity index (χ0) is 21.1. The lowest BCUT2D eigenvalue weighted by molar-refractivity contribution is -0.117. The first-order valence-electron chi connectivity index (χ1n) is 9.74. The molecule has 0 aliphatic heterocycles. The van der Waals surface area contributed by atoms with E-state index in [1.807, 2.05) is 43.3 Å². The number of pyridine rings is 1. The summed E-state index contributed by atoms with van der Waals surface area (Å²) in [4.78, 5) is 21.3. The van der Waals surface area contributed by atoms with Gasteiger partial charge in [0.1, 0.15) is 0 Å². The number of hydrogen-bond acceptors (Lipinski definition) is 6. The molecule has 2 heterocycles. The van der Waals surface area contributed by atoms with Crippen molar-refractivity contribution in [1.82, 2.24) is 9.97 Å². The van der Waals surface area contributed by atoms with Crippen LogP contribution in [0, 0.1) is 0 Å². The van der Waals surface area contributed by atoms with Crippen LogP contribution in [0.15, 0.2) is 54.2 Å². The molecule has 1 unspecified atom stereocenters. The van der Waals surface area contributed by atoms with Crippen LogP contribution in [-0.4, -0.2) is 29.5 Å². The Morgan fingerprint density at radius 3 is 2.60 bits per heavy atom. The van der Waals surface area contributed by atoms with Crippen molar-refractivity contribution >= 4 is 38.1 Å². The maximum absolute atomic E-state index is 12.8.